The Hall–Kier alpha value is -2.59. The molecule has 4 aromatic rings. The predicted octanol–water partition coefficient (Wildman–Crippen LogP) is 4.69. The molecule has 4 nitrogen and oxygen atoms in total. The van der Waals surface area contributed by atoms with Gasteiger partial charge in [0.1, 0.15) is 5.82 Å². The fourth-order valence-electron chi connectivity index (χ4n) is 2.96. The molecular weight excluding hydrogens is 308 g/mol. The average molecular weight is 323 g/mol. The van der Waals surface area contributed by atoms with Crippen LogP contribution in [-0.4, -0.2) is 19.5 Å². The molecule has 0 atom stereocenters. The van der Waals surface area contributed by atoms with Gasteiger partial charge in [-0.1, -0.05) is 11.6 Å². The van der Waals surface area contributed by atoms with Gasteiger partial charge in [0, 0.05) is 22.3 Å². The summed E-state index contributed by atoms with van der Waals surface area (Å²) in [5.74, 6) is 0.906. The molecule has 1 aromatic carbocycles. The van der Waals surface area contributed by atoms with E-state index in [2.05, 4.69) is 25.6 Å². The zero-order valence-electron chi connectivity index (χ0n) is 12.8. The summed E-state index contributed by atoms with van der Waals surface area (Å²) >= 11 is 6.04. The van der Waals surface area contributed by atoms with E-state index in [9.17, 15) is 0 Å². The monoisotopic (exact) mass is 322 g/mol. The molecule has 0 radical (unpaired) electrons. The predicted molar refractivity (Wildman–Crippen MR) is 93.1 cm³/mol. The summed E-state index contributed by atoms with van der Waals surface area (Å²) in [6, 6.07) is 12.0. The number of fused-ring (bicyclic) bond motifs is 1. The van der Waals surface area contributed by atoms with Gasteiger partial charge in [-0.05, 0) is 50.2 Å². The minimum atomic E-state index is 0.721. The lowest BCUT2D eigenvalue weighted by atomic mass is 10.2. The molecule has 3 aromatic heterocycles. The molecule has 0 saturated heterocycles. The zero-order valence-corrected chi connectivity index (χ0v) is 13.6. The Kier molecular flexibility index (Phi) is 3.20. The number of aromatic nitrogens is 4. The summed E-state index contributed by atoms with van der Waals surface area (Å²) < 4.78 is 2.18. The number of halogens is 1. The number of aromatic amines is 1. The maximum Gasteiger partial charge on any atom is 0.103 e. The Balaban J connectivity index is 2.06. The molecular formula is C18H15ClN4. The van der Waals surface area contributed by atoms with Gasteiger partial charge in [-0.15, -0.1) is 0 Å². The molecule has 0 aliphatic carbocycles. The molecule has 114 valence electrons. The van der Waals surface area contributed by atoms with Crippen LogP contribution in [-0.2, 0) is 0 Å². The van der Waals surface area contributed by atoms with Gasteiger partial charge in [-0.3, -0.25) is 4.98 Å². The number of imidazole rings is 1. The lowest BCUT2D eigenvalue weighted by molar-refractivity contribution is 1.10. The van der Waals surface area contributed by atoms with E-state index in [4.69, 9.17) is 11.6 Å². The second-order valence-corrected chi connectivity index (χ2v) is 5.99. The number of hydrogen-bond acceptors (Lipinski definition) is 2. The first kappa shape index (κ1) is 14.0. The first-order chi connectivity index (χ1) is 11.1. The highest BCUT2D eigenvalue weighted by Crippen LogP contribution is 2.32. The highest BCUT2D eigenvalue weighted by atomic mass is 35.5. The first-order valence-electron chi connectivity index (χ1n) is 7.38. The molecule has 0 aliphatic rings. The van der Waals surface area contributed by atoms with Crippen LogP contribution in [0.25, 0.3) is 28.0 Å². The maximum absolute atomic E-state index is 6.04. The lowest BCUT2D eigenvalue weighted by Gasteiger charge is -2.10. The topological polar surface area (TPSA) is 46.5 Å². The van der Waals surface area contributed by atoms with Gasteiger partial charge in [-0.25, -0.2) is 4.98 Å². The van der Waals surface area contributed by atoms with Crippen molar-refractivity contribution in [3.8, 4) is 17.1 Å². The fourth-order valence-corrected chi connectivity index (χ4v) is 3.08. The Labute approximate surface area is 138 Å². The van der Waals surface area contributed by atoms with Crippen LogP contribution in [0.1, 0.15) is 11.5 Å². The van der Waals surface area contributed by atoms with Crippen molar-refractivity contribution >= 4 is 22.5 Å². The van der Waals surface area contributed by atoms with E-state index in [0.717, 1.165) is 44.5 Å². The van der Waals surface area contributed by atoms with E-state index in [1.54, 1.807) is 0 Å². The highest BCUT2D eigenvalue weighted by Gasteiger charge is 2.16. The molecule has 0 unspecified atom stereocenters. The van der Waals surface area contributed by atoms with Gasteiger partial charge in [0.15, 0.2) is 0 Å². The molecule has 0 bridgehead atoms. The first-order valence-corrected chi connectivity index (χ1v) is 7.76. The van der Waals surface area contributed by atoms with Crippen molar-refractivity contribution < 1.29 is 0 Å². The van der Waals surface area contributed by atoms with E-state index in [0.29, 0.717) is 0 Å². The third kappa shape index (κ3) is 2.32. The van der Waals surface area contributed by atoms with Crippen molar-refractivity contribution in [2.75, 3.05) is 0 Å². The summed E-state index contributed by atoms with van der Waals surface area (Å²) in [4.78, 5) is 12.1. The number of nitrogens with one attached hydrogen (secondary N) is 1. The fraction of sp³-hybridized carbons (Fsp3) is 0.111. The Morgan fingerprint density at radius 1 is 1.09 bits per heavy atom. The van der Waals surface area contributed by atoms with Crippen LogP contribution in [0.4, 0.5) is 0 Å². The summed E-state index contributed by atoms with van der Waals surface area (Å²) in [5, 5.41) is 1.86. The molecule has 3 heterocycles. The lowest BCUT2D eigenvalue weighted by Crippen LogP contribution is -1.98. The average Bonchev–Trinajstić information content (AvgIpc) is 3.07. The van der Waals surface area contributed by atoms with E-state index in [-0.39, 0.29) is 0 Å². The quantitative estimate of drug-likeness (QED) is 0.582. The number of rotatable bonds is 2. The normalized spacial score (nSPS) is 11.3. The molecule has 0 amide bonds. The van der Waals surface area contributed by atoms with Crippen LogP contribution in [0.5, 0.6) is 0 Å². The third-order valence-corrected chi connectivity index (χ3v) is 4.20. The second kappa shape index (κ2) is 5.25. The van der Waals surface area contributed by atoms with E-state index >= 15 is 0 Å². The van der Waals surface area contributed by atoms with Crippen molar-refractivity contribution in [2.24, 2.45) is 0 Å². The molecule has 5 heteroatoms. The van der Waals surface area contributed by atoms with Crippen molar-refractivity contribution in [1.29, 1.82) is 0 Å². The van der Waals surface area contributed by atoms with Crippen LogP contribution in [0.2, 0.25) is 5.02 Å². The molecule has 0 fully saturated rings. The van der Waals surface area contributed by atoms with E-state index < -0.39 is 0 Å². The van der Waals surface area contributed by atoms with E-state index in [1.807, 2.05) is 56.6 Å². The summed E-state index contributed by atoms with van der Waals surface area (Å²) in [6.45, 7) is 3.98. The van der Waals surface area contributed by atoms with Crippen molar-refractivity contribution in [1.82, 2.24) is 19.5 Å². The van der Waals surface area contributed by atoms with Gasteiger partial charge in [0.25, 0.3) is 0 Å². The number of pyridine rings is 1. The van der Waals surface area contributed by atoms with Gasteiger partial charge in [0.05, 0.1) is 28.8 Å². The standard InChI is InChI=1S/C18H15ClN4/c1-11-18(22-12(2)21-11)16-9-13-7-8-20-10-17(13)23(16)15-5-3-14(19)4-6-15/h3-10H,1-2H3,(H,21,22). The van der Waals surface area contributed by atoms with Crippen molar-refractivity contribution in [3.63, 3.8) is 0 Å². The van der Waals surface area contributed by atoms with Crippen LogP contribution in [0.15, 0.2) is 48.8 Å². The Morgan fingerprint density at radius 2 is 1.87 bits per heavy atom. The summed E-state index contributed by atoms with van der Waals surface area (Å²) in [6.07, 6.45) is 3.69. The summed E-state index contributed by atoms with van der Waals surface area (Å²) in [7, 11) is 0. The maximum atomic E-state index is 6.04. The van der Waals surface area contributed by atoms with Crippen molar-refractivity contribution in [3.05, 3.63) is 65.3 Å². The number of nitrogens with zero attached hydrogens (tertiary/aromatic N) is 3. The van der Waals surface area contributed by atoms with Gasteiger partial charge < -0.3 is 9.55 Å². The molecule has 23 heavy (non-hydrogen) atoms. The number of H-pyrrole nitrogens is 1. The molecule has 0 aliphatic heterocycles. The number of benzene rings is 1. The minimum Gasteiger partial charge on any atom is -0.341 e. The molecule has 1 N–H and O–H groups in total. The van der Waals surface area contributed by atoms with Crippen LogP contribution >= 0.6 is 11.6 Å². The van der Waals surface area contributed by atoms with Crippen LogP contribution in [0, 0.1) is 13.8 Å². The third-order valence-electron chi connectivity index (χ3n) is 3.95. The van der Waals surface area contributed by atoms with Crippen molar-refractivity contribution in [2.45, 2.75) is 13.8 Å². The van der Waals surface area contributed by atoms with E-state index in [1.165, 1.54) is 0 Å². The Bertz CT molecular complexity index is 996. The SMILES string of the molecule is Cc1nc(C)c(-c2cc3ccncc3n2-c2ccc(Cl)cc2)[nH]1. The molecule has 0 saturated carbocycles. The largest absolute Gasteiger partial charge is 0.341 e. The van der Waals surface area contributed by atoms with Gasteiger partial charge in [-0.2, -0.15) is 0 Å². The van der Waals surface area contributed by atoms with Crippen LogP contribution in [0.3, 0.4) is 0 Å². The van der Waals surface area contributed by atoms with Crippen LogP contribution < -0.4 is 0 Å². The number of aryl methyl sites for hydroxylation is 2. The van der Waals surface area contributed by atoms with Gasteiger partial charge in [0.2, 0.25) is 0 Å². The molecule has 4 rings (SSSR count). The zero-order chi connectivity index (χ0) is 16.0. The smallest absolute Gasteiger partial charge is 0.103 e. The number of hydrogen-bond donors (Lipinski definition) is 1. The highest BCUT2D eigenvalue weighted by molar-refractivity contribution is 6.30. The molecule has 0 spiro atoms. The minimum absolute atomic E-state index is 0.721. The Morgan fingerprint density at radius 3 is 2.57 bits per heavy atom. The second-order valence-electron chi connectivity index (χ2n) is 5.56. The summed E-state index contributed by atoms with van der Waals surface area (Å²) in [5.41, 5.74) is 5.16. The van der Waals surface area contributed by atoms with Gasteiger partial charge >= 0.3 is 0 Å².